The fourth-order valence-corrected chi connectivity index (χ4v) is 6.17. The Bertz CT molecular complexity index is 908. The minimum absolute atomic E-state index is 0.0460. The number of carbonyl (C=O) groups excluding carboxylic acids is 1. The van der Waals surface area contributed by atoms with Crippen molar-refractivity contribution in [3.63, 3.8) is 0 Å². The maximum absolute atomic E-state index is 12.7. The fourth-order valence-electron chi connectivity index (χ4n) is 6.17. The van der Waals surface area contributed by atoms with Crippen molar-refractivity contribution in [1.82, 2.24) is 9.97 Å². The van der Waals surface area contributed by atoms with Gasteiger partial charge >= 0.3 is 5.97 Å². The standard InChI is InChI=1S/C32H46N2O2/c1-3-5-6-7-25-14-16-29(17-15-25)32(35)36-30-20-18-28(19-21-30)31-33-22-27(23-34-31)13-12-26-10-8-24(4-2)9-11-26/h18-26,29H,3-17H2,1-2H3. The number of hydrogen-bond donors (Lipinski definition) is 0. The summed E-state index contributed by atoms with van der Waals surface area (Å²) in [6, 6.07) is 7.64. The maximum Gasteiger partial charge on any atom is 0.314 e. The fraction of sp³-hybridized carbons (Fsp3) is 0.656. The second-order valence-electron chi connectivity index (χ2n) is 11.4. The minimum Gasteiger partial charge on any atom is -0.426 e. The van der Waals surface area contributed by atoms with Gasteiger partial charge in [0, 0.05) is 18.0 Å². The summed E-state index contributed by atoms with van der Waals surface area (Å²) in [6.45, 7) is 4.58. The number of aryl methyl sites for hydroxylation is 1. The van der Waals surface area contributed by atoms with Crippen molar-refractivity contribution in [2.75, 3.05) is 0 Å². The molecule has 0 bridgehead atoms. The Kier molecular flexibility index (Phi) is 10.4. The summed E-state index contributed by atoms with van der Waals surface area (Å²) >= 11 is 0. The number of esters is 1. The molecule has 4 rings (SSSR count). The summed E-state index contributed by atoms with van der Waals surface area (Å²) < 4.78 is 5.72. The number of carbonyl (C=O) groups is 1. The van der Waals surface area contributed by atoms with Gasteiger partial charge in [0.2, 0.25) is 0 Å². The van der Waals surface area contributed by atoms with Gasteiger partial charge in [0.1, 0.15) is 5.75 Å². The van der Waals surface area contributed by atoms with E-state index in [0.29, 0.717) is 5.75 Å². The summed E-state index contributed by atoms with van der Waals surface area (Å²) in [5.74, 6) is 3.93. The molecule has 0 spiro atoms. The lowest BCUT2D eigenvalue weighted by atomic mass is 9.79. The summed E-state index contributed by atoms with van der Waals surface area (Å²) in [5.41, 5.74) is 2.17. The van der Waals surface area contributed by atoms with Crippen molar-refractivity contribution in [3.05, 3.63) is 42.2 Å². The molecule has 196 valence electrons. The molecule has 2 aliphatic rings. The molecule has 0 amide bonds. The minimum atomic E-state index is -0.0708. The molecule has 0 saturated heterocycles. The lowest BCUT2D eigenvalue weighted by Crippen LogP contribution is -2.25. The van der Waals surface area contributed by atoms with Crippen molar-refractivity contribution < 1.29 is 9.53 Å². The summed E-state index contributed by atoms with van der Waals surface area (Å²) in [4.78, 5) is 21.9. The first kappa shape index (κ1) is 26.8. The van der Waals surface area contributed by atoms with Crippen molar-refractivity contribution in [2.24, 2.45) is 23.7 Å². The molecule has 0 radical (unpaired) electrons. The molecule has 4 nitrogen and oxygen atoms in total. The van der Waals surface area contributed by atoms with Gasteiger partial charge in [-0.05, 0) is 86.1 Å². The highest BCUT2D eigenvalue weighted by molar-refractivity contribution is 5.75. The zero-order chi connectivity index (χ0) is 25.2. The van der Waals surface area contributed by atoms with Gasteiger partial charge in [0.15, 0.2) is 5.82 Å². The highest BCUT2D eigenvalue weighted by atomic mass is 16.5. The number of unbranched alkanes of at least 4 members (excludes halogenated alkanes) is 2. The van der Waals surface area contributed by atoms with Crippen LogP contribution in [0.4, 0.5) is 0 Å². The average Bonchev–Trinajstić information content (AvgIpc) is 2.93. The number of ether oxygens (including phenoxy) is 1. The summed E-state index contributed by atoms with van der Waals surface area (Å²) in [5, 5.41) is 0. The Labute approximate surface area is 218 Å². The van der Waals surface area contributed by atoms with Gasteiger partial charge in [0.05, 0.1) is 5.92 Å². The second kappa shape index (κ2) is 13.9. The number of aromatic nitrogens is 2. The van der Waals surface area contributed by atoms with Gasteiger partial charge in [-0.2, -0.15) is 0 Å². The quantitative estimate of drug-likeness (QED) is 0.180. The second-order valence-corrected chi connectivity index (χ2v) is 11.4. The molecule has 0 atom stereocenters. The molecular formula is C32H46N2O2. The molecule has 2 fully saturated rings. The van der Waals surface area contributed by atoms with E-state index < -0.39 is 0 Å². The van der Waals surface area contributed by atoms with Gasteiger partial charge in [-0.3, -0.25) is 4.79 Å². The maximum atomic E-state index is 12.7. The predicted octanol–water partition coefficient (Wildman–Crippen LogP) is 8.58. The molecule has 1 aromatic heterocycles. The van der Waals surface area contributed by atoms with E-state index in [2.05, 4.69) is 23.8 Å². The van der Waals surface area contributed by atoms with E-state index in [9.17, 15) is 4.79 Å². The Morgan fingerprint density at radius 1 is 0.806 bits per heavy atom. The van der Waals surface area contributed by atoms with E-state index in [0.717, 1.165) is 61.2 Å². The monoisotopic (exact) mass is 490 g/mol. The van der Waals surface area contributed by atoms with Crippen molar-refractivity contribution >= 4 is 5.97 Å². The normalized spacial score (nSPS) is 24.4. The van der Waals surface area contributed by atoms with Crippen molar-refractivity contribution in [2.45, 2.75) is 110 Å². The Hall–Kier alpha value is -2.23. The summed E-state index contributed by atoms with van der Waals surface area (Å²) in [6.07, 6.45) is 22.7. The van der Waals surface area contributed by atoms with Crippen LogP contribution in [0.5, 0.6) is 5.75 Å². The van der Waals surface area contributed by atoms with Crippen LogP contribution in [0.25, 0.3) is 11.4 Å². The molecular weight excluding hydrogens is 444 g/mol. The van der Waals surface area contributed by atoms with E-state index >= 15 is 0 Å². The smallest absolute Gasteiger partial charge is 0.314 e. The van der Waals surface area contributed by atoms with Crippen LogP contribution in [0.3, 0.4) is 0 Å². The van der Waals surface area contributed by atoms with Crippen LogP contribution in [0.15, 0.2) is 36.7 Å². The molecule has 2 aromatic rings. The SMILES string of the molecule is CCCCCC1CCC(C(=O)Oc2ccc(-c3ncc(CCC4CCC(CC)CC4)cn3)cc2)CC1. The number of benzene rings is 1. The van der Waals surface area contributed by atoms with Gasteiger partial charge in [-0.1, -0.05) is 71.6 Å². The van der Waals surface area contributed by atoms with Gasteiger partial charge < -0.3 is 4.74 Å². The lowest BCUT2D eigenvalue weighted by Gasteiger charge is -2.27. The average molecular weight is 491 g/mol. The number of hydrogen-bond acceptors (Lipinski definition) is 4. The molecule has 1 heterocycles. The molecule has 0 unspecified atom stereocenters. The molecule has 36 heavy (non-hydrogen) atoms. The van der Waals surface area contributed by atoms with Crippen LogP contribution in [0.2, 0.25) is 0 Å². The highest BCUT2D eigenvalue weighted by Crippen LogP contribution is 2.34. The summed E-state index contributed by atoms with van der Waals surface area (Å²) in [7, 11) is 0. The van der Waals surface area contributed by atoms with Gasteiger partial charge in [-0.15, -0.1) is 0 Å². The molecule has 2 aliphatic carbocycles. The van der Waals surface area contributed by atoms with Crippen LogP contribution < -0.4 is 4.74 Å². The van der Waals surface area contributed by atoms with Crippen LogP contribution >= 0.6 is 0 Å². The zero-order valence-corrected chi connectivity index (χ0v) is 22.6. The van der Waals surface area contributed by atoms with Crippen LogP contribution in [-0.4, -0.2) is 15.9 Å². The van der Waals surface area contributed by atoms with E-state index in [-0.39, 0.29) is 11.9 Å². The third-order valence-electron chi connectivity index (χ3n) is 8.82. The highest BCUT2D eigenvalue weighted by Gasteiger charge is 2.27. The third-order valence-corrected chi connectivity index (χ3v) is 8.82. The Morgan fingerprint density at radius 2 is 1.42 bits per heavy atom. The first-order valence-corrected chi connectivity index (χ1v) is 14.8. The zero-order valence-electron chi connectivity index (χ0n) is 22.6. The Balaban J connectivity index is 1.21. The first-order valence-electron chi connectivity index (χ1n) is 14.8. The van der Waals surface area contributed by atoms with Gasteiger partial charge in [-0.25, -0.2) is 9.97 Å². The number of rotatable bonds is 11. The lowest BCUT2D eigenvalue weighted by molar-refractivity contribution is -0.140. The van der Waals surface area contributed by atoms with E-state index in [1.54, 1.807) is 0 Å². The Morgan fingerprint density at radius 3 is 2.06 bits per heavy atom. The first-order chi connectivity index (χ1) is 17.6. The van der Waals surface area contributed by atoms with Crippen LogP contribution in [0.1, 0.15) is 109 Å². The van der Waals surface area contributed by atoms with E-state index in [1.165, 1.54) is 69.8 Å². The molecule has 4 heteroatoms. The van der Waals surface area contributed by atoms with Gasteiger partial charge in [0.25, 0.3) is 0 Å². The van der Waals surface area contributed by atoms with Crippen LogP contribution in [0, 0.1) is 23.7 Å². The van der Waals surface area contributed by atoms with E-state index in [1.807, 2.05) is 36.7 Å². The third kappa shape index (κ3) is 7.88. The largest absolute Gasteiger partial charge is 0.426 e. The molecule has 0 N–H and O–H groups in total. The van der Waals surface area contributed by atoms with Crippen molar-refractivity contribution in [1.29, 1.82) is 0 Å². The molecule has 2 saturated carbocycles. The predicted molar refractivity (Wildman–Crippen MR) is 147 cm³/mol. The number of nitrogens with zero attached hydrogens (tertiary/aromatic N) is 2. The molecule has 0 aliphatic heterocycles. The van der Waals surface area contributed by atoms with Crippen molar-refractivity contribution in [3.8, 4) is 17.1 Å². The van der Waals surface area contributed by atoms with E-state index in [4.69, 9.17) is 4.74 Å². The molecule has 1 aromatic carbocycles. The topological polar surface area (TPSA) is 52.1 Å². The van der Waals surface area contributed by atoms with Crippen LogP contribution in [-0.2, 0) is 11.2 Å².